The van der Waals surface area contributed by atoms with E-state index in [0.717, 1.165) is 6.92 Å². The van der Waals surface area contributed by atoms with Crippen LogP contribution in [0.4, 0.5) is 0 Å². The number of carbonyl (C=O) groups is 3. The lowest BCUT2D eigenvalue weighted by Gasteiger charge is -2.31. The molecule has 0 heterocycles. The summed E-state index contributed by atoms with van der Waals surface area (Å²) in [4.78, 5) is 34.1. The molecule has 0 spiro atoms. The van der Waals surface area contributed by atoms with E-state index >= 15 is 0 Å². The highest BCUT2D eigenvalue weighted by Crippen LogP contribution is 2.33. The normalized spacial score (nSPS) is 15.1. The number of carboxylic acid groups (broad SMARTS) is 1. The van der Waals surface area contributed by atoms with Crippen LogP contribution >= 0.6 is 12.6 Å². The van der Waals surface area contributed by atoms with Crippen LogP contribution in [0.1, 0.15) is 12.5 Å². The molecular weight excluding hydrogens is 268 g/mol. The molecule has 6 nitrogen and oxygen atoms in total. The molecule has 7 heteroatoms. The van der Waals surface area contributed by atoms with Gasteiger partial charge in [-0.3, -0.25) is 14.4 Å². The molecule has 2 atom stereocenters. The highest BCUT2D eigenvalue weighted by molar-refractivity contribution is 7.82. The molecule has 102 valence electrons. The van der Waals surface area contributed by atoms with Gasteiger partial charge in [-0.05, 0) is 5.56 Å². The van der Waals surface area contributed by atoms with Crippen LogP contribution in [0, 0.1) is 0 Å². The van der Waals surface area contributed by atoms with Crippen molar-refractivity contribution in [1.82, 2.24) is 5.32 Å². The number of rotatable bonds is 5. The number of aliphatic carboxylic acids is 1. The van der Waals surface area contributed by atoms with Crippen LogP contribution in [-0.4, -0.2) is 28.9 Å². The number of thiol groups is 1. The van der Waals surface area contributed by atoms with E-state index < -0.39 is 28.6 Å². The van der Waals surface area contributed by atoms with Gasteiger partial charge in [-0.2, -0.15) is 12.6 Å². The molecule has 4 N–H and O–H groups in total. The van der Waals surface area contributed by atoms with Crippen LogP contribution < -0.4 is 11.1 Å². The van der Waals surface area contributed by atoms with E-state index in [4.69, 9.17) is 5.73 Å². The minimum Gasteiger partial charge on any atom is -0.480 e. The second kappa shape index (κ2) is 5.75. The van der Waals surface area contributed by atoms with E-state index in [2.05, 4.69) is 17.9 Å². The molecule has 0 saturated carbocycles. The topological polar surface area (TPSA) is 109 Å². The average Bonchev–Trinajstić information content (AvgIpc) is 2.35. The molecule has 0 fully saturated rings. The van der Waals surface area contributed by atoms with Gasteiger partial charge in [0.2, 0.25) is 11.8 Å². The molecule has 2 amide bonds. The quantitative estimate of drug-likeness (QED) is 0.565. The Kier molecular flexibility index (Phi) is 4.55. The fraction of sp³-hybridized carbons (Fsp3) is 0.250. The molecule has 0 aromatic heterocycles. The molecule has 1 rings (SSSR count). The van der Waals surface area contributed by atoms with E-state index in [0.29, 0.717) is 0 Å². The van der Waals surface area contributed by atoms with Crippen molar-refractivity contribution in [2.45, 2.75) is 17.7 Å². The van der Waals surface area contributed by atoms with E-state index in [1.807, 2.05) is 0 Å². The molecule has 0 aliphatic rings. The number of carbonyl (C=O) groups excluding carboxylic acids is 2. The smallest absolute Gasteiger partial charge is 0.326 e. The first-order valence-electron chi connectivity index (χ1n) is 5.37. The molecule has 0 saturated heterocycles. The summed E-state index contributed by atoms with van der Waals surface area (Å²) in [5.41, 5.74) is 5.43. The van der Waals surface area contributed by atoms with Gasteiger partial charge in [-0.15, -0.1) is 0 Å². The zero-order valence-corrected chi connectivity index (χ0v) is 11.1. The maximum Gasteiger partial charge on any atom is 0.326 e. The Balaban J connectivity index is 3.35. The molecule has 0 bridgehead atoms. The predicted molar refractivity (Wildman–Crippen MR) is 71.5 cm³/mol. The van der Waals surface area contributed by atoms with Gasteiger partial charge in [0.25, 0.3) is 0 Å². The van der Waals surface area contributed by atoms with Crippen molar-refractivity contribution in [3.8, 4) is 0 Å². The summed E-state index contributed by atoms with van der Waals surface area (Å²) in [5.74, 6) is -2.92. The molecule has 0 radical (unpaired) electrons. The van der Waals surface area contributed by atoms with Gasteiger partial charge in [-0.25, -0.2) is 0 Å². The first-order chi connectivity index (χ1) is 8.80. The lowest BCUT2D eigenvalue weighted by molar-refractivity contribution is -0.143. The zero-order valence-electron chi connectivity index (χ0n) is 10.2. The van der Waals surface area contributed by atoms with Crippen LogP contribution in [-0.2, 0) is 19.1 Å². The van der Waals surface area contributed by atoms with Crippen molar-refractivity contribution in [1.29, 1.82) is 0 Å². The van der Waals surface area contributed by atoms with Crippen LogP contribution in [0.25, 0.3) is 0 Å². The SMILES string of the molecule is CC(=O)NC(C(N)=O)C(S)(C(=O)O)c1ccccc1. The summed E-state index contributed by atoms with van der Waals surface area (Å²) in [5, 5.41) is 11.6. The summed E-state index contributed by atoms with van der Waals surface area (Å²) in [6.07, 6.45) is 0. The predicted octanol–water partition coefficient (Wildman–Crippen LogP) is -0.114. The van der Waals surface area contributed by atoms with Gasteiger partial charge >= 0.3 is 5.97 Å². The molecule has 2 unspecified atom stereocenters. The molecule has 19 heavy (non-hydrogen) atoms. The Morgan fingerprint density at radius 1 is 1.32 bits per heavy atom. The van der Waals surface area contributed by atoms with E-state index in [-0.39, 0.29) is 5.56 Å². The van der Waals surface area contributed by atoms with Crippen molar-refractivity contribution in [2.24, 2.45) is 5.73 Å². The van der Waals surface area contributed by atoms with Crippen molar-refractivity contribution in [2.75, 3.05) is 0 Å². The Bertz CT molecular complexity index is 506. The first kappa shape index (κ1) is 15.0. The van der Waals surface area contributed by atoms with Gasteiger partial charge in [0, 0.05) is 6.92 Å². The number of benzene rings is 1. The fourth-order valence-corrected chi connectivity index (χ4v) is 2.03. The van der Waals surface area contributed by atoms with E-state index in [9.17, 15) is 19.5 Å². The van der Waals surface area contributed by atoms with Gasteiger partial charge in [0.05, 0.1) is 0 Å². The maximum atomic E-state index is 11.5. The molecular formula is C12H14N2O4S. The van der Waals surface area contributed by atoms with Crippen molar-refractivity contribution >= 4 is 30.4 Å². The number of nitrogens with one attached hydrogen (secondary N) is 1. The number of hydrogen-bond donors (Lipinski definition) is 4. The summed E-state index contributed by atoms with van der Waals surface area (Å²) in [6.45, 7) is 1.16. The van der Waals surface area contributed by atoms with Crippen molar-refractivity contribution in [3.05, 3.63) is 35.9 Å². The number of carboxylic acids is 1. The standard InChI is InChI=1S/C12H14N2O4S/c1-7(15)14-9(10(13)16)12(19,11(17)18)8-5-3-2-4-6-8/h2-6,9,19H,1H3,(H2,13,16)(H,14,15)(H,17,18). The molecule has 1 aromatic rings. The van der Waals surface area contributed by atoms with Crippen molar-refractivity contribution in [3.63, 3.8) is 0 Å². The van der Waals surface area contributed by atoms with Gasteiger partial charge < -0.3 is 16.2 Å². The van der Waals surface area contributed by atoms with Gasteiger partial charge in [-0.1, -0.05) is 30.3 Å². The summed E-state index contributed by atoms with van der Waals surface area (Å²) in [6, 6.07) is 6.44. The number of hydrogen-bond acceptors (Lipinski definition) is 4. The fourth-order valence-electron chi connectivity index (χ4n) is 1.69. The first-order valence-corrected chi connectivity index (χ1v) is 5.82. The zero-order chi connectivity index (χ0) is 14.6. The third kappa shape index (κ3) is 3.05. The highest BCUT2D eigenvalue weighted by Gasteiger charge is 2.48. The number of amides is 2. The third-order valence-corrected chi connectivity index (χ3v) is 3.30. The second-order valence-electron chi connectivity index (χ2n) is 3.97. The Morgan fingerprint density at radius 2 is 1.84 bits per heavy atom. The summed E-state index contributed by atoms with van der Waals surface area (Å²) in [7, 11) is 0. The lowest BCUT2D eigenvalue weighted by Crippen LogP contribution is -2.58. The van der Waals surface area contributed by atoms with E-state index in [1.54, 1.807) is 18.2 Å². The van der Waals surface area contributed by atoms with Crippen LogP contribution in [0.3, 0.4) is 0 Å². The highest BCUT2D eigenvalue weighted by atomic mass is 32.1. The monoisotopic (exact) mass is 282 g/mol. The third-order valence-electron chi connectivity index (χ3n) is 2.59. The molecule has 0 aliphatic carbocycles. The number of nitrogens with two attached hydrogens (primary N) is 1. The van der Waals surface area contributed by atoms with E-state index in [1.165, 1.54) is 12.1 Å². The molecule has 1 aromatic carbocycles. The lowest BCUT2D eigenvalue weighted by atomic mass is 9.89. The van der Waals surface area contributed by atoms with Crippen LogP contribution in [0.5, 0.6) is 0 Å². The minimum absolute atomic E-state index is 0.253. The van der Waals surface area contributed by atoms with Crippen LogP contribution in [0.2, 0.25) is 0 Å². The van der Waals surface area contributed by atoms with Crippen LogP contribution in [0.15, 0.2) is 30.3 Å². The summed E-state index contributed by atoms with van der Waals surface area (Å²) < 4.78 is -1.93. The van der Waals surface area contributed by atoms with Gasteiger partial charge in [0.15, 0.2) is 4.75 Å². The molecule has 0 aliphatic heterocycles. The van der Waals surface area contributed by atoms with Gasteiger partial charge in [0.1, 0.15) is 6.04 Å². The Labute approximate surface area is 115 Å². The Morgan fingerprint density at radius 3 is 2.21 bits per heavy atom. The maximum absolute atomic E-state index is 11.5. The minimum atomic E-state index is -1.93. The largest absolute Gasteiger partial charge is 0.480 e. The number of primary amides is 1. The van der Waals surface area contributed by atoms with Crippen molar-refractivity contribution < 1.29 is 19.5 Å². The average molecular weight is 282 g/mol. The summed E-state index contributed by atoms with van der Waals surface area (Å²) >= 11 is 4.10. The Hall–Kier alpha value is -2.02. The second-order valence-corrected chi connectivity index (χ2v) is 4.68.